The summed E-state index contributed by atoms with van der Waals surface area (Å²) < 4.78 is 12.9. The van der Waals surface area contributed by atoms with Crippen molar-refractivity contribution in [2.24, 2.45) is 0 Å². The molecule has 0 unspecified atom stereocenters. The molecule has 0 radical (unpaired) electrons. The zero-order valence-corrected chi connectivity index (χ0v) is 14.1. The Morgan fingerprint density at radius 2 is 1.92 bits per heavy atom. The van der Waals surface area contributed by atoms with Gasteiger partial charge in [0.15, 0.2) is 0 Å². The molecule has 3 rings (SSSR count). The summed E-state index contributed by atoms with van der Waals surface area (Å²) in [5.74, 6) is -0.328. The van der Waals surface area contributed by atoms with Gasteiger partial charge < -0.3 is 5.32 Å². The highest BCUT2D eigenvalue weighted by atomic mass is 32.1. The molecule has 0 spiro atoms. The maximum Gasteiger partial charge on any atom is 0.251 e. The van der Waals surface area contributed by atoms with E-state index in [1.165, 1.54) is 12.1 Å². The molecule has 1 amide bonds. The van der Waals surface area contributed by atoms with Crippen molar-refractivity contribution in [1.82, 2.24) is 10.3 Å². The van der Waals surface area contributed by atoms with Crippen LogP contribution in [0.1, 0.15) is 31.4 Å². The fourth-order valence-corrected chi connectivity index (χ4v) is 3.29. The minimum absolute atomic E-state index is 0.0941. The highest BCUT2D eigenvalue weighted by Crippen LogP contribution is 2.18. The van der Waals surface area contributed by atoms with Crippen LogP contribution in [-0.4, -0.2) is 10.9 Å². The van der Waals surface area contributed by atoms with Gasteiger partial charge in [-0.05, 0) is 36.2 Å². The molecule has 1 aromatic heterocycles. The van der Waals surface area contributed by atoms with Crippen LogP contribution in [0.2, 0.25) is 0 Å². The predicted molar refractivity (Wildman–Crippen MR) is 93.7 cm³/mol. The Bertz CT molecular complexity index is 843. The van der Waals surface area contributed by atoms with Gasteiger partial charge in [-0.2, -0.15) is 0 Å². The fourth-order valence-electron chi connectivity index (χ4n) is 2.39. The molecule has 3 nitrogen and oxygen atoms in total. The number of aromatic nitrogens is 1. The van der Waals surface area contributed by atoms with Crippen LogP contribution in [0.5, 0.6) is 0 Å². The summed E-state index contributed by atoms with van der Waals surface area (Å²) in [5.41, 5.74) is 2.67. The van der Waals surface area contributed by atoms with Crippen molar-refractivity contribution in [3.05, 3.63) is 87.1 Å². The molecule has 1 N–H and O–H groups in total. The fraction of sp³-hybridized carbons (Fsp3) is 0.158. The molecule has 1 heterocycles. The minimum Gasteiger partial charge on any atom is -0.346 e. The van der Waals surface area contributed by atoms with E-state index >= 15 is 0 Å². The summed E-state index contributed by atoms with van der Waals surface area (Å²) in [6.07, 6.45) is 2.52. The average Bonchev–Trinajstić information content (AvgIpc) is 3.03. The number of benzene rings is 2. The molecule has 0 aliphatic heterocycles. The number of hydrogen-bond acceptors (Lipinski definition) is 3. The highest BCUT2D eigenvalue weighted by molar-refractivity contribution is 7.11. The van der Waals surface area contributed by atoms with Gasteiger partial charge in [-0.1, -0.05) is 30.3 Å². The number of amides is 1. The molecular formula is C19H17FN2OS. The minimum atomic E-state index is -0.234. The molecule has 2 aromatic carbocycles. The quantitative estimate of drug-likeness (QED) is 0.759. The monoisotopic (exact) mass is 340 g/mol. The molecule has 0 aliphatic carbocycles. The number of nitrogens with one attached hydrogen (secondary N) is 1. The lowest BCUT2D eigenvalue weighted by atomic mass is 10.1. The van der Waals surface area contributed by atoms with Crippen molar-refractivity contribution < 1.29 is 9.18 Å². The standard InChI is InChI=1S/C19H17FN2OS/c1-13-4-2-3-5-17(13)19(23)22-12-18-21-11-16(24-18)10-14-6-8-15(20)9-7-14/h2-9,11H,10,12H2,1H3,(H,22,23). The van der Waals surface area contributed by atoms with Crippen LogP contribution in [0, 0.1) is 12.7 Å². The third-order valence-corrected chi connectivity index (χ3v) is 4.68. The van der Waals surface area contributed by atoms with Gasteiger partial charge in [0.2, 0.25) is 0 Å². The number of thiazole rings is 1. The second-order valence-electron chi connectivity index (χ2n) is 5.52. The Morgan fingerprint density at radius 1 is 1.17 bits per heavy atom. The van der Waals surface area contributed by atoms with E-state index in [1.54, 1.807) is 23.5 Å². The molecule has 3 aromatic rings. The van der Waals surface area contributed by atoms with Gasteiger partial charge in [-0.25, -0.2) is 9.37 Å². The van der Waals surface area contributed by atoms with Crippen molar-refractivity contribution in [2.45, 2.75) is 19.9 Å². The Hall–Kier alpha value is -2.53. The smallest absolute Gasteiger partial charge is 0.251 e. The van der Waals surface area contributed by atoms with Crippen LogP contribution < -0.4 is 5.32 Å². The molecular weight excluding hydrogens is 323 g/mol. The number of carbonyl (C=O) groups excluding carboxylic acids is 1. The van der Waals surface area contributed by atoms with E-state index < -0.39 is 0 Å². The summed E-state index contributed by atoms with van der Waals surface area (Å²) in [7, 11) is 0. The lowest BCUT2D eigenvalue weighted by molar-refractivity contribution is 0.0950. The summed E-state index contributed by atoms with van der Waals surface area (Å²) >= 11 is 1.55. The summed E-state index contributed by atoms with van der Waals surface area (Å²) in [4.78, 5) is 17.6. The zero-order valence-electron chi connectivity index (χ0n) is 13.3. The highest BCUT2D eigenvalue weighted by Gasteiger charge is 2.09. The number of halogens is 1. The molecule has 0 bridgehead atoms. The topological polar surface area (TPSA) is 42.0 Å². The van der Waals surface area contributed by atoms with E-state index in [-0.39, 0.29) is 11.7 Å². The van der Waals surface area contributed by atoms with Crippen molar-refractivity contribution in [1.29, 1.82) is 0 Å². The zero-order chi connectivity index (χ0) is 16.9. The number of hydrogen-bond donors (Lipinski definition) is 1. The van der Waals surface area contributed by atoms with Crippen LogP contribution in [-0.2, 0) is 13.0 Å². The lowest BCUT2D eigenvalue weighted by Crippen LogP contribution is -2.23. The Labute approximate surface area is 144 Å². The lowest BCUT2D eigenvalue weighted by Gasteiger charge is -2.05. The largest absolute Gasteiger partial charge is 0.346 e. The average molecular weight is 340 g/mol. The van der Waals surface area contributed by atoms with Gasteiger partial charge in [0, 0.05) is 23.1 Å². The first-order valence-electron chi connectivity index (χ1n) is 7.63. The molecule has 0 atom stereocenters. The van der Waals surface area contributed by atoms with Crippen LogP contribution in [0.15, 0.2) is 54.7 Å². The molecule has 5 heteroatoms. The number of aryl methyl sites for hydroxylation is 1. The van der Waals surface area contributed by atoms with E-state index in [0.29, 0.717) is 18.5 Å². The van der Waals surface area contributed by atoms with Crippen LogP contribution in [0.25, 0.3) is 0 Å². The first-order valence-corrected chi connectivity index (χ1v) is 8.45. The van der Waals surface area contributed by atoms with Gasteiger partial charge >= 0.3 is 0 Å². The Balaban J connectivity index is 1.59. The molecule has 0 saturated carbocycles. The van der Waals surface area contributed by atoms with Crippen molar-refractivity contribution in [2.75, 3.05) is 0 Å². The van der Waals surface area contributed by atoms with Crippen molar-refractivity contribution in [3.8, 4) is 0 Å². The maximum atomic E-state index is 12.9. The van der Waals surface area contributed by atoms with E-state index in [1.807, 2.05) is 37.4 Å². The van der Waals surface area contributed by atoms with Crippen molar-refractivity contribution in [3.63, 3.8) is 0 Å². The summed E-state index contributed by atoms with van der Waals surface area (Å²) in [5, 5.41) is 3.76. The van der Waals surface area contributed by atoms with Gasteiger partial charge in [0.05, 0.1) is 6.54 Å². The molecule has 0 fully saturated rings. The predicted octanol–water partition coefficient (Wildman–Crippen LogP) is 4.11. The second kappa shape index (κ2) is 7.36. The Kier molecular flexibility index (Phi) is 5.01. The second-order valence-corrected chi connectivity index (χ2v) is 6.72. The van der Waals surface area contributed by atoms with Gasteiger partial charge in [0.25, 0.3) is 5.91 Å². The van der Waals surface area contributed by atoms with Gasteiger partial charge in [-0.15, -0.1) is 11.3 Å². The van der Waals surface area contributed by atoms with Crippen LogP contribution in [0.3, 0.4) is 0 Å². The van der Waals surface area contributed by atoms with E-state index in [9.17, 15) is 9.18 Å². The van der Waals surface area contributed by atoms with Crippen LogP contribution >= 0.6 is 11.3 Å². The van der Waals surface area contributed by atoms with Gasteiger partial charge in [-0.3, -0.25) is 4.79 Å². The normalized spacial score (nSPS) is 10.6. The summed E-state index contributed by atoms with van der Waals surface area (Å²) in [6, 6.07) is 14.0. The molecule has 24 heavy (non-hydrogen) atoms. The molecule has 0 saturated heterocycles. The third kappa shape index (κ3) is 4.06. The van der Waals surface area contributed by atoms with E-state index in [2.05, 4.69) is 10.3 Å². The molecule has 122 valence electrons. The number of rotatable bonds is 5. The van der Waals surface area contributed by atoms with Gasteiger partial charge in [0.1, 0.15) is 10.8 Å². The first-order chi connectivity index (χ1) is 11.6. The van der Waals surface area contributed by atoms with E-state index in [4.69, 9.17) is 0 Å². The maximum absolute atomic E-state index is 12.9. The van der Waals surface area contributed by atoms with Crippen LogP contribution in [0.4, 0.5) is 4.39 Å². The summed E-state index contributed by atoms with van der Waals surface area (Å²) in [6.45, 7) is 2.32. The Morgan fingerprint density at radius 3 is 2.67 bits per heavy atom. The van der Waals surface area contributed by atoms with Crippen molar-refractivity contribution >= 4 is 17.2 Å². The molecule has 0 aliphatic rings. The van der Waals surface area contributed by atoms with E-state index in [0.717, 1.165) is 21.0 Å². The SMILES string of the molecule is Cc1ccccc1C(=O)NCc1ncc(Cc2ccc(F)cc2)s1. The number of carbonyl (C=O) groups is 1. The third-order valence-electron chi connectivity index (χ3n) is 3.68. The number of nitrogens with zero attached hydrogens (tertiary/aromatic N) is 1. The first kappa shape index (κ1) is 16.3.